The molecule has 7 nitrogen and oxygen atoms in total. The Morgan fingerprint density at radius 3 is 2.61 bits per heavy atom. The summed E-state index contributed by atoms with van der Waals surface area (Å²) in [6.07, 6.45) is 6.35. The predicted molar refractivity (Wildman–Crippen MR) is 112 cm³/mol. The first-order valence-electron chi connectivity index (χ1n) is 9.38. The van der Waals surface area contributed by atoms with Crippen LogP contribution in [0.5, 0.6) is 0 Å². The molecule has 0 aliphatic heterocycles. The van der Waals surface area contributed by atoms with Crippen LogP contribution in [0.15, 0.2) is 48.9 Å². The Bertz CT molecular complexity index is 1100. The molecule has 0 spiro atoms. The van der Waals surface area contributed by atoms with Crippen molar-refractivity contribution in [1.29, 1.82) is 0 Å². The average molecular weight is 373 g/mol. The summed E-state index contributed by atoms with van der Waals surface area (Å²) in [5.74, 6) is 1.09. The summed E-state index contributed by atoms with van der Waals surface area (Å²) in [4.78, 5) is 17.6. The molecule has 4 rings (SSSR count). The minimum atomic E-state index is 0.251. The van der Waals surface area contributed by atoms with Gasteiger partial charge in [-0.15, -0.1) is 0 Å². The number of nitrogens with zero attached hydrogens (tertiary/aromatic N) is 5. The van der Waals surface area contributed by atoms with Gasteiger partial charge in [-0.05, 0) is 44.1 Å². The minimum absolute atomic E-state index is 0.251. The van der Waals surface area contributed by atoms with Crippen LogP contribution in [0.25, 0.3) is 33.7 Å². The number of aryl methyl sites for hydroxylation is 1. The van der Waals surface area contributed by atoms with E-state index in [-0.39, 0.29) is 5.95 Å². The number of nitrogens with one attached hydrogen (secondary N) is 1. The van der Waals surface area contributed by atoms with Gasteiger partial charge in [0.2, 0.25) is 5.95 Å². The van der Waals surface area contributed by atoms with Crippen molar-refractivity contribution in [3.05, 3.63) is 54.5 Å². The van der Waals surface area contributed by atoms with Crippen LogP contribution in [0, 0.1) is 0 Å². The summed E-state index contributed by atoms with van der Waals surface area (Å²) in [6.45, 7) is 3.76. The van der Waals surface area contributed by atoms with Gasteiger partial charge in [0.15, 0.2) is 5.65 Å². The lowest BCUT2D eigenvalue weighted by Crippen LogP contribution is -2.10. The molecule has 3 heterocycles. The second-order valence-corrected chi connectivity index (χ2v) is 6.59. The summed E-state index contributed by atoms with van der Waals surface area (Å²) in [5, 5.41) is 3.18. The van der Waals surface area contributed by atoms with Crippen LogP contribution < -0.4 is 11.1 Å². The highest BCUT2D eigenvalue weighted by molar-refractivity contribution is 5.84. The number of benzene rings is 1. The van der Waals surface area contributed by atoms with E-state index in [0.717, 1.165) is 53.2 Å². The molecule has 0 saturated heterocycles. The summed E-state index contributed by atoms with van der Waals surface area (Å²) in [7, 11) is 1.97. The highest BCUT2D eigenvalue weighted by Gasteiger charge is 2.17. The molecule has 0 amide bonds. The number of likely N-dealkylation sites (N-methyl/N-ethyl adjacent to an activating group) is 1. The van der Waals surface area contributed by atoms with Crippen molar-refractivity contribution < 1.29 is 0 Å². The number of rotatable bonds is 6. The van der Waals surface area contributed by atoms with Gasteiger partial charge in [-0.1, -0.05) is 24.3 Å². The monoisotopic (exact) mass is 373 g/mol. The maximum atomic E-state index is 5.79. The average Bonchev–Trinajstić information content (AvgIpc) is 3.10. The van der Waals surface area contributed by atoms with E-state index >= 15 is 0 Å². The van der Waals surface area contributed by atoms with Gasteiger partial charge in [0.1, 0.15) is 11.3 Å². The fourth-order valence-electron chi connectivity index (χ4n) is 3.38. The van der Waals surface area contributed by atoms with Gasteiger partial charge in [0.05, 0.1) is 6.20 Å². The molecule has 3 N–H and O–H groups in total. The molecule has 0 fully saturated rings. The highest BCUT2D eigenvalue weighted by atomic mass is 15.2. The van der Waals surface area contributed by atoms with E-state index in [1.54, 1.807) is 12.4 Å². The second kappa shape index (κ2) is 7.74. The van der Waals surface area contributed by atoms with Crippen molar-refractivity contribution in [2.75, 3.05) is 19.3 Å². The van der Waals surface area contributed by atoms with E-state index in [1.807, 2.05) is 19.3 Å². The fourth-order valence-corrected chi connectivity index (χ4v) is 3.38. The zero-order chi connectivity index (χ0) is 19.5. The van der Waals surface area contributed by atoms with Crippen molar-refractivity contribution in [3.8, 4) is 22.5 Å². The quantitative estimate of drug-likeness (QED) is 0.540. The topological polar surface area (TPSA) is 94.5 Å². The van der Waals surface area contributed by atoms with Gasteiger partial charge in [-0.3, -0.25) is 4.98 Å². The molecule has 1 aromatic carbocycles. The van der Waals surface area contributed by atoms with E-state index in [9.17, 15) is 0 Å². The maximum Gasteiger partial charge on any atom is 0.222 e. The predicted octanol–water partition coefficient (Wildman–Crippen LogP) is 2.92. The van der Waals surface area contributed by atoms with E-state index in [2.05, 4.69) is 56.0 Å². The fraction of sp³-hybridized carbons (Fsp3) is 0.238. The number of fused-ring (bicyclic) bond motifs is 1. The molecule has 0 aliphatic carbocycles. The first kappa shape index (κ1) is 18.1. The lowest BCUT2D eigenvalue weighted by molar-refractivity contribution is 0.787. The van der Waals surface area contributed by atoms with E-state index in [1.165, 1.54) is 5.56 Å². The van der Waals surface area contributed by atoms with Crippen molar-refractivity contribution in [1.82, 2.24) is 29.8 Å². The third kappa shape index (κ3) is 3.32. The molecule has 28 heavy (non-hydrogen) atoms. The Balaban J connectivity index is 1.81. The smallest absolute Gasteiger partial charge is 0.222 e. The van der Waals surface area contributed by atoms with Gasteiger partial charge >= 0.3 is 0 Å². The third-order valence-corrected chi connectivity index (χ3v) is 4.81. The Labute approximate surface area is 163 Å². The molecule has 0 atom stereocenters. The van der Waals surface area contributed by atoms with Gasteiger partial charge < -0.3 is 15.6 Å². The number of nitrogens with two attached hydrogens (primary N) is 1. The second-order valence-electron chi connectivity index (χ2n) is 6.59. The molecule has 0 saturated carbocycles. The molecule has 0 unspecified atom stereocenters. The highest BCUT2D eigenvalue weighted by Crippen LogP contribution is 2.32. The Kier molecular flexibility index (Phi) is 4.99. The van der Waals surface area contributed by atoms with E-state index < -0.39 is 0 Å². The molecule has 142 valence electrons. The van der Waals surface area contributed by atoms with Crippen molar-refractivity contribution >= 4 is 17.1 Å². The SMILES string of the molecule is CCn1c(-c2ccncc2-c2ccc(CCNC)cc2)nc2cnc(N)nc21. The van der Waals surface area contributed by atoms with Gasteiger partial charge in [-0.2, -0.15) is 4.98 Å². The van der Waals surface area contributed by atoms with Crippen LogP contribution in [-0.4, -0.2) is 38.1 Å². The number of anilines is 1. The number of pyridine rings is 1. The van der Waals surface area contributed by atoms with Gasteiger partial charge in [0.25, 0.3) is 0 Å². The molecular formula is C21H23N7. The lowest BCUT2D eigenvalue weighted by atomic mass is 9.99. The molecule has 0 bridgehead atoms. The summed E-state index contributed by atoms with van der Waals surface area (Å²) >= 11 is 0. The van der Waals surface area contributed by atoms with Crippen LogP contribution in [0.2, 0.25) is 0 Å². The van der Waals surface area contributed by atoms with Crippen LogP contribution in [0.4, 0.5) is 5.95 Å². The lowest BCUT2D eigenvalue weighted by Gasteiger charge is -2.11. The zero-order valence-corrected chi connectivity index (χ0v) is 16.1. The summed E-state index contributed by atoms with van der Waals surface area (Å²) in [5.41, 5.74) is 11.7. The zero-order valence-electron chi connectivity index (χ0n) is 16.1. The van der Waals surface area contributed by atoms with Crippen LogP contribution in [0.3, 0.4) is 0 Å². The van der Waals surface area contributed by atoms with Crippen molar-refractivity contribution in [2.24, 2.45) is 0 Å². The largest absolute Gasteiger partial charge is 0.368 e. The summed E-state index contributed by atoms with van der Waals surface area (Å²) in [6, 6.07) is 10.6. The molecule has 4 aromatic rings. The van der Waals surface area contributed by atoms with Gasteiger partial charge in [-0.25, -0.2) is 9.97 Å². The molecule has 0 radical (unpaired) electrons. The first-order valence-corrected chi connectivity index (χ1v) is 9.38. The van der Waals surface area contributed by atoms with Crippen molar-refractivity contribution in [2.45, 2.75) is 19.9 Å². The molecular weight excluding hydrogens is 350 g/mol. The number of hydrogen-bond acceptors (Lipinski definition) is 6. The molecule has 3 aromatic heterocycles. The molecule has 7 heteroatoms. The number of aromatic nitrogens is 5. The van der Waals surface area contributed by atoms with Crippen LogP contribution >= 0.6 is 0 Å². The van der Waals surface area contributed by atoms with Crippen molar-refractivity contribution in [3.63, 3.8) is 0 Å². The standard InChI is InChI=1S/C21H23N7/c1-3-28-19(26-18-13-25-21(22)27-20(18)28)16-9-11-24-12-17(16)15-6-4-14(5-7-15)8-10-23-2/h4-7,9,11-13,23H,3,8,10H2,1-2H3,(H2,22,25,27). The van der Waals surface area contributed by atoms with Gasteiger partial charge in [0, 0.05) is 30.1 Å². The van der Waals surface area contributed by atoms with E-state index in [4.69, 9.17) is 10.7 Å². The number of hydrogen-bond donors (Lipinski definition) is 2. The normalized spacial score (nSPS) is 11.2. The Morgan fingerprint density at radius 1 is 1.04 bits per heavy atom. The Morgan fingerprint density at radius 2 is 1.86 bits per heavy atom. The molecule has 0 aliphatic rings. The Hall–Kier alpha value is -3.32. The van der Waals surface area contributed by atoms with Crippen LogP contribution in [-0.2, 0) is 13.0 Å². The third-order valence-electron chi connectivity index (χ3n) is 4.81. The maximum absolute atomic E-state index is 5.79. The number of imidazole rings is 1. The number of nitrogen functional groups attached to an aromatic ring is 1. The first-order chi connectivity index (χ1) is 13.7. The summed E-state index contributed by atoms with van der Waals surface area (Å²) < 4.78 is 2.06. The van der Waals surface area contributed by atoms with E-state index in [0.29, 0.717) is 0 Å². The minimum Gasteiger partial charge on any atom is -0.368 e. The van der Waals surface area contributed by atoms with Crippen LogP contribution in [0.1, 0.15) is 12.5 Å².